The lowest BCUT2D eigenvalue weighted by Crippen LogP contribution is -2.46. The number of halogens is 2. The predicted molar refractivity (Wildman–Crippen MR) is 130 cm³/mol. The van der Waals surface area contributed by atoms with Crippen LogP contribution in [0, 0.1) is 26.6 Å². The fourth-order valence-electron chi connectivity index (χ4n) is 4.79. The van der Waals surface area contributed by atoms with Gasteiger partial charge in [-0.05, 0) is 70.3 Å². The molecule has 33 heavy (non-hydrogen) atoms. The Morgan fingerprint density at radius 1 is 0.909 bits per heavy atom. The minimum atomic E-state index is -3.70. The summed E-state index contributed by atoms with van der Waals surface area (Å²) in [4.78, 5) is 13.9. The molecule has 1 aromatic carbocycles. The third-order valence-corrected chi connectivity index (χ3v) is 8.53. The Labute approximate surface area is 202 Å². The van der Waals surface area contributed by atoms with Crippen molar-refractivity contribution < 1.29 is 12.8 Å². The summed E-state index contributed by atoms with van der Waals surface area (Å²) >= 11 is 0. The lowest BCUT2D eigenvalue weighted by Gasteiger charge is -2.38. The van der Waals surface area contributed by atoms with Crippen LogP contribution in [0.1, 0.15) is 36.2 Å². The molecule has 2 fully saturated rings. The summed E-state index contributed by atoms with van der Waals surface area (Å²) in [6.07, 6.45) is 2.78. The minimum absolute atomic E-state index is 0. The van der Waals surface area contributed by atoms with Crippen LogP contribution in [0.15, 0.2) is 29.2 Å². The van der Waals surface area contributed by atoms with Crippen molar-refractivity contribution in [2.75, 3.05) is 44.2 Å². The van der Waals surface area contributed by atoms with Crippen molar-refractivity contribution in [1.29, 1.82) is 0 Å². The highest BCUT2D eigenvalue weighted by Gasteiger charge is 2.32. The second kappa shape index (κ2) is 10.6. The van der Waals surface area contributed by atoms with Crippen molar-refractivity contribution in [3.63, 3.8) is 0 Å². The van der Waals surface area contributed by atoms with Gasteiger partial charge in [0.1, 0.15) is 5.82 Å². The molecule has 10 heteroatoms. The predicted octanol–water partition coefficient (Wildman–Crippen LogP) is 3.33. The maximum atomic E-state index is 13.7. The van der Waals surface area contributed by atoms with E-state index in [1.165, 1.54) is 16.4 Å². The molecule has 2 aliphatic heterocycles. The van der Waals surface area contributed by atoms with Gasteiger partial charge in [0.25, 0.3) is 0 Å². The molecular formula is C23H33ClFN5O2S. The van der Waals surface area contributed by atoms with Crippen molar-refractivity contribution >= 4 is 28.4 Å². The normalized spacial score (nSPS) is 19.2. The molecule has 0 saturated carbocycles. The number of aryl methyl sites for hydroxylation is 3. The van der Waals surface area contributed by atoms with E-state index in [9.17, 15) is 12.8 Å². The topological polar surface area (TPSA) is 69.6 Å². The first-order chi connectivity index (χ1) is 15.2. The molecule has 0 unspecified atom stereocenters. The first-order valence-corrected chi connectivity index (χ1v) is 12.8. The summed E-state index contributed by atoms with van der Waals surface area (Å²) in [6.45, 7) is 9.95. The minimum Gasteiger partial charge on any atom is -0.341 e. The number of sulfonamides is 1. The van der Waals surface area contributed by atoms with Gasteiger partial charge in [-0.25, -0.2) is 22.8 Å². The first-order valence-electron chi connectivity index (χ1n) is 11.3. The van der Waals surface area contributed by atoms with Gasteiger partial charge in [0, 0.05) is 50.2 Å². The molecule has 3 heterocycles. The number of hydrogen-bond donors (Lipinski definition) is 0. The van der Waals surface area contributed by atoms with Crippen LogP contribution in [-0.2, 0) is 10.0 Å². The van der Waals surface area contributed by atoms with Crippen LogP contribution in [0.5, 0.6) is 0 Å². The Morgan fingerprint density at radius 2 is 1.58 bits per heavy atom. The standard InChI is InChI=1S/C23H32FN5O2S.ClH/c1-17-5-6-20(24)16-22(17)32(30,31)29-10-4-9-27(13-14-29)21-7-11-28(12-8-21)23-25-18(2)15-19(3)26-23;/h5-6,15-16,21H,4,7-14H2,1-3H3;1H. The maximum absolute atomic E-state index is 13.7. The third kappa shape index (κ3) is 5.82. The second-order valence-electron chi connectivity index (χ2n) is 8.87. The first kappa shape index (κ1) is 25.8. The van der Waals surface area contributed by atoms with Gasteiger partial charge in [-0.15, -0.1) is 12.4 Å². The van der Waals surface area contributed by atoms with E-state index in [1.807, 2.05) is 19.9 Å². The lowest BCUT2D eigenvalue weighted by molar-refractivity contribution is 0.177. The number of nitrogens with zero attached hydrogens (tertiary/aromatic N) is 5. The summed E-state index contributed by atoms with van der Waals surface area (Å²) in [5.74, 6) is 0.282. The van der Waals surface area contributed by atoms with Crippen LogP contribution in [0.4, 0.5) is 10.3 Å². The van der Waals surface area contributed by atoms with E-state index in [1.54, 1.807) is 6.92 Å². The van der Waals surface area contributed by atoms with Gasteiger partial charge in [0.2, 0.25) is 16.0 Å². The van der Waals surface area contributed by atoms with E-state index < -0.39 is 15.8 Å². The molecule has 0 radical (unpaired) electrons. The van der Waals surface area contributed by atoms with E-state index in [4.69, 9.17) is 0 Å². The van der Waals surface area contributed by atoms with Crippen molar-refractivity contribution in [1.82, 2.24) is 19.2 Å². The third-order valence-electron chi connectivity index (χ3n) is 6.49. The van der Waals surface area contributed by atoms with Crippen LogP contribution in [0.2, 0.25) is 0 Å². The molecule has 0 N–H and O–H groups in total. The van der Waals surface area contributed by atoms with Crippen molar-refractivity contribution in [3.05, 3.63) is 47.0 Å². The summed E-state index contributed by atoms with van der Waals surface area (Å²) < 4.78 is 41.6. The molecule has 0 bridgehead atoms. The molecule has 0 aliphatic carbocycles. The summed E-state index contributed by atoms with van der Waals surface area (Å²) in [7, 11) is -3.70. The van der Waals surface area contributed by atoms with E-state index in [2.05, 4.69) is 19.8 Å². The van der Waals surface area contributed by atoms with Crippen LogP contribution in [0.25, 0.3) is 0 Å². The van der Waals surface area contributed by atoms with Crippen molar-refractivity contribution in [3.8, 4) is 0 Å². The van der Waals surface area contributed by atoms with Gasteiger partial charge in [-0.1, -0.05) is 6.07 Å². The van der Waals surface area contributed by atoms with Gasteiger partial charge < -0.3 is 4.90 Å². The Morgan fingerprint density at radius 3 is 2.24 bits per heavy atom. The van der Waals surface area contributed by atoms with E-state index in [-0.39, 0.29) is 17.3 Å². The summed E-state index contributed by atoms with van der Waals surface area (Å²) in [6, 6.07) is 6.38. The largest absolute Gasteiger partial charge is 0.341 e. The Hall–Kier alpha value is -1.81. The molecule has 2 saturated heterocycles. The average Bonchev–Trinajstić information content (AvgIpc) is 3.02. The van der Waals surface area contributed by atoms with Crippen LogP contribution in [0.3, 0.4) is 0 Å². The molecule has 4 rings (SSSR count). The smallest absolute Gasteiger partial charge is 0.243 e. The quantitative estimate of drug-likeness (QED) is 0.645. The fraction of sp³-hybridized carbons (Fsp3) is 0.565. The van der Waals surface area contributed by atoms with Gasteiger partial charge >= 0.3 is 0 Å². The van der Waals surface area contributed by atoms with Crippen molar-refractivity contribution in [2.24, 2.45) is 0 Å². The molecule has 0 atom stereocenters. The number of anilines is 1. The fourth-order valence-corrected chi connectivity index (χ4v) is 6.50. The van der Waals surface area contributed by atoms with E-state index >= 15 is 0 Å². The molecule has 1 aromatic heterocycles. The number of aromatic nitrogens is 2. The monoisotopic (exact) mass is 497 g/mol. The zero-order chi connectivity index (χ0) is 22.9. The van der Waals surface area contributed by atoms with Crippen LogP contribution in [-0.4, -0.2) is 72.9 Å². The summed E-state index contributed by atoms with van der Waals surface area (Å²) in [5, 5.41) is 0. The van der Waals surface area contributed by atoms with Crippen LogP contribution < -0.4 is 4.90 Å². The molecule has 0 amide bonds. The molecule has 0 spiro atoms. The molecule has 182 valence electrons. The molecule has 2 aliphatic rings. The number of piperidine rings is 1. The Bertz CT molecular complexity index is 1060. The van der Waals surface area contributed by atoms with E-state index in [0.29, 0.717) is 31.2 Å². The Balaban J connectivity index is 0.00000306. The maximum Gasteiger partial charge on any atom is 0.243 e. The number of hydrogen-bond acceptors (Lipinski definition) is 6. The van der Waals surface area contributed by atoms with Gasteiger partial charge in [-0.2, -0.15) is 4.31 Å². The number of benzene rings is 1. The molecule has 7 nitrogen and oxygen atoms in total. The van der Waals surface area contributed by atoms with Gasteiger partial charge in [0.05, 0.1) is 4.90 Å². The van der Waals surface area contributed by atoms with Gasteiger partial charge in [0.15, 0.2) is 0 Å². The Kier molecular flexibility index (Phi) is 8.31. The second-order valence-corrected chi connectivity index (χ2v) is 10.8. The highest BCUT2D eigenvalue weighted by Crippen LogP contribution is 2.25. The zero-order valence-corrected chi connectivity index (χ0v) is 21.1. The molecule has 2 aromatic rings. The zero-order valence-electron chi connectivity index (χ0n) is 19.5. The molecular weight excluding hydrogens is 465 g/mol. The van der Waals surface area contributed by atoms with Crippen molar-refractivity contribution in [2.45, 2.75) is 51.0 Å². The lowest BCUT2D eigenvalue weighted by atomic mass is 10.0. The van der Waals surface area contributed by atoms with Crippen LogP contribution >= 0.6 is 12.4 Å². The SMILES string of the molecule is Cc1cc(C)nc(N2CCC(N3CCCN(S(=O)(=O)c4cc(F)ccc4C)CC3)CC2)n1.Cl. The number of rotatable bonds is 4. The van der Waals surface area contributed by atoms with E-state index in [0.717, 1.165) is 62.3 Å². The highest BCUT2D eigenvalue weighted by atomic mass is 35.5. The van der Waals surface area contributed by atoms with Gasteiger partial charge in [-0.3, -0.25) is 4.90 Å². The summed E-state index contributed by atoms with van der Waals surface area (Å²) in [5.41, 5.74) is 2.54. The highest BCUT2D eigenvalue weighted by molar-refractivity contribution is 7.89. The average molecular weight is 498 g/mol.